The normalized spacial score (nSPS) is 14.5. The molecule has 0 N–H and O–H groups in total. The van der Waals surface area contributed by atoms with E-state index in [2.05, 4.69) is 31.1 Å². The van der Waals surface area contributed by atoms with E-state index in [9.17, 15) is 4.79 Å². The number of pyridine rings is 1. The Bertz CT molecular complexity index is 875. The zero-order valence-electron chi connectivity index (χ0n) is 12.6. The molecule has 0 aliphatic carbocycles. The molecule has 4 rings (SSSR count). The first-order valence-corrected chi connectivity index (χ1v) is 8.30. The maximum atomic E-state index is 12.4. The molecular weight excluding hydrogens is 372 g/mol. The van der Waals surface area contributed by atoms with Gasteiger partial charge in [0, 0.05) is 29.3 Å². The molecule has 1 amide bonds. The summed E-state index contributed by atoms with van der Waals surface area (Å²) < 4.78 is 6.22. The average Bonchev–Trinajstić information content (AvgIpc) is 3.04. The van der Waals surface area contributed by atoms with Gasteiger partial charge in [-0.15, -0.1) is 0 Å². The van der Waals surface area contributed by atoms with E-state index in [0.29, 0.717) is 36.1 Å². The van der Waals surface area contributed by atoms with Gasteiger partial charge in [-0.3, -0.25) is 9.78 Å². The molecule has 1 aliphatic rings. The van der Waals surface area contributed by atoms with Gasteiger partial charge < -0.3 is 9.42 Å². The predicted molar refractivity (Wildman–Crippen MR) is 90.3 cm³/mol. The standard InChI is InChI=1S/C17H13BrN4O2/c18-13-5-3-4-11(8-13)17(23)22-9-12(10-22)16-20-15(21-24-16)14-6-1-2-7-19-14/h1-8,12H,9-10H2. The Hall–Kier alpha value is -2.54. The number of hydrogen-bond acceptors (Lipinski definition) is 5. The van der Waals surface area contributed by atoms with Gasteiger partial charge >= 0.3 is 0 Å². The molecule has 1 aromatic carbocycles. The molecule has 3 heterocycles. The Morgan fingerprint density at radius 1 is 1.21 bits per heavy atom. The van der Waals surface area contributed by atoms with Crippen molar-refractivity contribution in [1.29, 1.82) is 0 Å². The topological polar surface area (TPSA) is 72.1 Å². The molecule has 24 heavy (non-hydrogen) atoms. The number of benzene rings is 1. The average molecular weight is 385 g/mol. The first kappa shape index (κ1) is 15.0. The van der Waals surface area contributed by atoms with Gasteiger partial charge in [-0.25, -0.2) is 0 Å². The lowest BCUT2D eigenvalue weighted by atomic mass is 9.99. The SMILES string of the molecule is O=C(c1cccc(Br)c1)N1CC(c2nc(-c3ccccn3)no2)C1. The van der Waals surface area contributed by atoms with Gasteiger partial charge in [0.15, 0.2) is 0 Å². The maximum Gasteiger partial charge on any atom is 0.253 e. The fourth-order valence-corrected chi connectivity index (χ4v) is 3.00. The number of likely N-dealkylation sites (tertiary alicyclic amines) is 1. The Morgan fingerprint density at radius 2 is 2.08 bits per heavy atom. The molecule has 0 saturated carbocycles. The molecule has 120 valence electrons. The van der Waals surface area contributed by atoms with Crippen LogP contribution in [0.5, 0.6) is 0 Å². The lowest BCUT2D eigenvalue weighted by molar-refractivity contribution is 0.0569. The van der Waals surface area contributed by atoms with Crippen molar-refractivity contribution in [2.24, 2.45) is 0 Å². The fourth-order valence-electron chi connectivity index (χ4n) is 2.60. The summed E-state index contributed by atoms with van der Waals surface area (Å²) in [5.41, 5.74) is 1.34. The number of hydrogen-bond donors (Lipinski definition) is 0. The highest BCUT2D eigenvalue weighted by atomic mass is 79.9. The van der Waals surface area contributed by atoms with Gasteiger partial charge in [0.05, 0.1) is 5.92 Å². The maximum absolute atomic E-state index is 12.4. The third kappa shape index (κ3) is 2.82. The molecule has 0 bridgehead atoms. The zero-order chi connectivity index (χ0) is 16.5. The molecule has 1 aliphatic heterocycles. The van der Waals surface area contributed by atoms with Crippen LogP contribution in [0.1, 0.15) is 22.2 Å². The minimum absolute atomic E-state index is 0.0111. The van der Waals surface area contributed by atoms with Gasteiger partial charge in [0.1, 0.15) is 5.69 Å². The van der Waals surface area contributed by atoms with E-state index in [1.54, 1.807) is 11.1 Å². The van der Waals surface area contributed by atoms with E-state index >= 15 is 0 Å². The fraction of sp³-hybridized carbons (Fsp3) is 0.176. The van der Waals surface area contributed by atoms with Crippen molar-refractivity contribution in [2.45, 2.75) is 5.92 Å². The number of carbonyl (C=O) groups excluding carboxylic acids is 1. The van der Waals surface area contributed by atoms with Crippen LogP contribution in [0.4, 0.5) is 0 Å². The van der Waals surface area contributed by atoms with Crippen molar-refractivity contribution in [2.75, 3.05) is 13.1 Å². The van der Waals surface area contributed by atoms with Crippen molar-refractivity contribution in [3.63, 3.8) is 0 Å². The van der Waals surface area contributed by atoms with Crippen LogP contribution >= 0.6 is 15.9 Å². The molecule has 0 atom stereocenters. The summed E-state index contributed by atoms with van der Waals surface area (Å²) in [6.45, 7) is 1.16. The molecule has 7 heteroatoms. The number of halogens is 1. The summed E-state index contributed by atoms with van der Waals surface area (Å²) >= 11 is 3.38. The van der Waals surface area contributed by atoms with Crippen LogP contribution < -0.4 is 0 Å². The Morgan fingerprint density at radius 3 is 2.83 bits per heavy atom. The molecule has 1 saturated heterocycles. The molecular formula is C17H13BrN4O2. The smallest absolute Gasteiger partial charge is 0.253 e. The Kier molecular flexibility index (Phi) is 3.86. The number of aromatic nitrogens is 3. The van der Waals surface area contributed by atoms with Crippen LogP contribution in [0.2, 0.25) is 0 Å². The summed E-state index contributed by atoms with van der Waals surface area (Å²) in [5, 5.41) is 3.97. The van der Waals surface area contributed by atoms with Gasteiger partial charge in [-0.2, -0.15) is 4.98 Å². The summed E-state index contributed by atoms with van der Waals surface area (Å²) in [6.07, 6.45) is 1.69. The predicted octanol–water partition coefficient (Wildman–Crippen LogP) is 3.13. The summed E-state index contributed by atoms with van der Waals surface area (Å²) in [4.78, 5) is 22.8. The van der Waals surface area contributed by atoms with Crippen LogP contribution in [0.3, 0.4) is 0 Å². The second kappa shape index (κ2) is 6.16. The minimum atomic E-state index is 0.0111. The lowest BCUT2D eigenvalue weighted by Gasteiger charge is -2.37. The number of rotatable bonds is 3. The van der Waals surface area contributed by atoms with Crippen molar-refractivity contribution in [3.8, 4) is 11.5 Å². The molecule has 3 aromatic rings. The van der Waals surface area contributed by atoms with Crippen molar-refractivity contribution >= 4 is 21.8 Å². The quantitative estimate of drug-likeness (QED) is 0.693. The molecule has 6 nitrogen and oxygen atoms in total. The third-order valence-corrected chi connectivity index (χ3v) is 4.42. The monoisotopic (exact) mass is 384 g/mol. The van der Waals surface area contributed by atoms with E-state index in [0.717, 1.165) is 4.47 Å². The third-order valence-electron chi connectivity index (χ3n) is 3.93. The van der Waals surface area contributed by atoms with E-state index in [1.807, 2.05) is 42.5 Å². The second-order valence-corrected chi connectivity index (χ2v) is 6.50. The molecule has 2 aromatic heterocycles. The van der Waals surface area contributed by atoms with Crippen LogP contribution in [0.25, 0.3) is 11.5 Å². The molecule has 0 unspecified atom stereocenters. The summed E-state index contributed by atoms with van der Waals surface area (Å²) in [6, 6.07) is 12.9. The van der Waals surface area contributed by atoms with Crippen molar-refractivity contribution in [1.82, 2.24) is 20.0 Å². The van der Waals surface area contributed by atoms with Gasteiger partial charge in [-0.1, -0.05) is 33.2 Å². The van der Waals surface area contributed by atoms with Gasteiger partial charge in [0.25, 0.3) is 5.91 Å². The lowest BCUT2D eigenvalue weighted by Crippen LogP contribution is -2.48. The first-order chi connectivity index (χ1) is 11.7. The number of carbonyl (C=O) groups is 1. The van der Waals surface area contributed by atoms with Crippen molar-refractivity contribution < 1.29 is 9.32 Å². The Balaban J connectivity index is 1.43. The number of amides is 1. The number of nitrogens with zero attached hydrogens (tertiary/aromatic N) is 4. The summed E-state index contributed by atoms with van der Waals surface area (Å²) in [7, 11) is 0. The summed E-state index contributed by atoms with van der Waals surface area (Å²) in [5.74, 6) is 1.11. The van der Waals surface area contributed by atoms with Crippen LogP contribution in [0, 0.1) is 0 Å². The largest absolute Gasteiger partial charge is 0.338 e. The molecule has 1 fully saturated rings. The molecule has 0 radical (unpaired) electrons. The van der Waals surface area contributed by atoms with Crippen LogP contribution in [-0.4, -0.2) is 39.0 Å². The Labute approximate surface area is 146 Å². The zero-order valence-corrected chi connectivity index (χ0v) is 14.2. The molecule has 0 spiro atoms. The van der Waals surface area contributed by atoms with E-state index in [1.165, 1.54) is 0 Å². The highest BCUT2D eigenvalue weighted by molar-refractivity contribution is 9.10. The van der Waals surface area contributed by atoms with Crippen LogP contribution in [-0.2, 0) is 0 Å². The van der Waals surface area contributed by atoms with Gasteiger partial charge in [0.2, 0.25) is 11.7 Å². The van der Waals surface area contributed by atoms with Crippen molar-refractivity contribution in [3.05, 3.63) is 64.6 Å². The second-order valence-electron chi connectivity index (χ2n) is 5.59. The van der Waals surface area contributed by atoms with Crippen LogP contribution in [0.15, 0.2) is 57.7 Å². The van der Waals surface area contributed by atoms with E-state index in [4.69, 9.17) is 4.52 Å². The van der Waals surface area contributed by atoms with E-state index < -0.39 is 0 Å². The van der Waals surface area contributed by atoms with Gasteiger partial charge in [-0.05, 0) is 30.3 Å². The highest BCUT2D eigenvalue weighted by Gasteiger charge is 2.36. The highest BCUT2D eigenvalue weighted by Crippen LogP contribution is 2.28. The van der Waals surface area contributed by atoms with E-state index in [-0.39, 0.29) is 11.8 Å². The minimum Gasteiger partial charge on any atom is -0.338 e. The first-order valence-electron chi connectivity index (χ1n) is 7.50.